The topological polar surface area (TPSA) is 38.5 Å². The predicted molar refractivity (Wildman–Crippen MR) is 59.3 cm³/mol. The number of rotatable bonds is 4. The lowest BCUT2D eigenvalue weighted by Gasteiger charge is -2.48. The van der Waals surface area contributed by atoms with Gasteiger partial charge in [0.05, 0.1) is 6.61 Å². The normalized spacial score (nSPS) is 27.9. The zero-order chi connectivity index (χ0) is 10.6. The molecule has 1 unspecified atom stereocenters. The van der Waals surface area contributed by atoms with Crippen LogP contribution in [0.15, 0.2) is 0 Å². The summed E-state index contributed by atoms with van der Waals surface area (Å²) in [5, 5.41) is 0. The van der Waals surface area contributed by atoms with E-state index in [1.807, 2.05) is 0 Å². The minimum atomic E-state index is 0.242. The SMILES string of the molecule is COCCN1CCCC(CN)C1(C)C. The smallest absolute Gasteiger partial charge is 0.0589 e. The van der Waals surface area contributed by atoms with Gasteiger partial charge in [0.15, 0.2) is 0 Å². The van der Waals surface area contributed by atoms with Crippen molar-refractivity contribution >= 4 is 0 Å². The van der Waals surface area contributed by atoms with Crippen LogP contribution in [0.3, 0.4) is 0 Å². The fraction of sp³-hybridized carbons (Fsp3) is 1.00. The molecule has 1 aliphatic rings. The quantitative estimate of drug-likeness (QED) is 0.738. The molecular weight excluding hydrogens is 176 g/mol. The maximum atomic E-state index is 5.81. The number of hydrogen-bond acceptors (Lipinski definition) is 3. The van der Waals surface area contributed by atoms with E-state index in [0.717, 1.165) is 19.7 Å². The van der Waals surface area contributed by atoms with Gasteiger partial charge in [-0.1, -0.05) is 0 Å². The van der Waals surface area contributed by atoms with Gasteiger partial charge in [-0.25, -0.2) is 0 Å². The molecule has 0 spiro atoms. The van der Waals surface area contributed by atoms with Gasteiger partial charge in [-0.3, -0.25) is 4.90 Å². The van der Waals surface area contributed by atoms with Crippen molar-refractivity contribution < 1.29 is 4.74 Å². The molecule has 1 heterocycles. The monoisotopic (exact) mass is 200 g/mol. The van der Waals surface area contributed by atoms with Crippen LogP contribution in [0.25, 0.3) is 0 Å². The number of ether oxygens (including phenoxy) is 1. The van der Waals surface area contributed by atoms with E-state index in [4.69, 9.17) is 10.5 Å². The van der Waals surface area contributed by atoms with Crippen LogP contribution in [0, 0.1) is 5.92 Å². The minimum Gasteiger partial charge on any atom is -0.383 e. The molecule has 84 valence electrons. The molecule has 3 heteroatoms. The van der Waals surface area contributed by atoms with Crippen LogP contribution in [0.5, 0.6) is 0 Å². The van der Waals surface area contributed by atoms with Gasteiger partial charge >= 0.3 is 0 Å². The average Bonchev–Trinajstić information content (AvgIpc) is 2.15. The summed E-state index contributed by atoms with van der Waals surface area (Å²) in [6.07, 6.45) is 2.54. The van der Waals surface area contributed by atoms with Crippen LogP contribution < -0.4 is 5.73 Å². The minimum absolute atomic E-state index is 0.242. The molecule has 0 bridgehead atoms. The molecule has 1 saturated heterocycles. The first-order valence-electron chi connectivity index (χ1n) is 5.57. The Morgan fingerprint density at radius 2 is 2.21 bits per heavy atom. The lowest BCUT2D eigenvalue weighted by atomic mass is 9.79. The van der Waals surface area contributed by atoms with E-state index in [9.17, 15) is 0 Å². The Bertz CT molecular complexity index is 171. The Hall–Kier alpha value is -0.120. The third-order valence-corrected chi connectivity index (χ3v) is 3.64. The van der Waals surface area contributed by atoms with E-state index in [2.05, 4.69) is 18.7 Å². The summed E-state index contributed by atoms with van der Waals surface area (Å²) in [5.74, 6) is 0.633. The Balaban J connectivity index is 2.55. The second kappa shape index (κ2) is 5.10. The molecule has 0 aromatic rings. The van der Waals surface area contributed by atoms with Gasteiger partial charge in [0, 0.05) is 19.2 Å². The zero-order valence-electron chi connectivity index (χ0n) is 9.75. The van der Waals surface area contributed by atoms with Crippen molar-refractivity contribution in [2.75, 3.05) is 33.4 Å². The number of methoxy groups -OCH3 is 1. The molecule has 0 aromatic carbocycles. The second-order valence-electron chi connectivity index (χ2n) is 4.71. The van der Waals surface area contributed by atoms with Crippen LogP contribution in [0.1, 0.15) is 26.7 Å². The zero-order valence-corrected chi connectivity index (χ0v) is 9.75. The summed E-state index contributed by atoms with van der Waals surface area (Å²) in [6.45, 7) is 8.45. The largest absolute Gasteiger partial charge is 0.383 e. The van der Waals surface area contributed by atoms with E-state index >= 15 is 0 Å². The predicted octanol–water partition coefficient (Wildman–Crippen LogP) is 1.08. The number of nitrogens with two attached hydrogens (primary N) is 1. The van der Waals surface area contributed by atoms with E-state index in [-0.39, 0.29) is 5.54 Å². The van der Waals surface area contributed by atoms with Crippen LogP contribution in [-0.2, 0) is 4.74 Å². The maximum absolute atomic E-state index is 5.81. The highest BCUT2D eigenvalue weighted by Gasteiger charge is 2.36. The highest BCUT2D eigenvalue weighted by Crippen LogP contribution is 2.32. The van der Waals surface area contributed by atoms with Gasteiger partial charge in [-0.15, -0.1) is 0 Å². The van der Waals surface area contributed by atoms with Crippen LogP contribution in [-0.4, -0.2) is 43.8 Å². The van der Waals surface area contributed by atoms with Crippen molar-refractivity contribution in [2.24, 2.45) is 11.7 Å². The molecule has 14 heavy (non-hydrogen) atoms. The Morgan fingerprint density at radius 3 is 2.79 bits per heavy atom. The van der Waals surface area contributed by atoms with Gasteiger partial charge in [-0.05, 0) is 45.7 Å². The van der Waals surface area contributed by atoms with Crippen molar-refractivity contribution in [1.82, 2.24) is 4.90 Å². The molecule has 0 amide bonds. The standard InChI is InChI=1S/C11H24N2O/c1-11(2)10(9-12)5-4-6-13(11)7-8-14-3/h10H,4-9,12H2,1-3H3. The molecule has 3 nitrogen and oxygen atoms in total. The highest BCUT2D eigenvalue weighted by molar-refractivity contribution is 4.92. The van der Waals surface area contributed by atoms with Crippen molar-refractivity contribution in [3.05, 3.63) is 0 Å². The van der Waals surface area contributed by atoms with Crippen LogP contribution >= 0.6 is 0 Å². The summed E-state index contributed by atoms with van der Waals surface area (Å²) in [6, 6.07) is 0. The molecule has 1 aliphatic heterocycles. The van der Waals surface area contributed by atoms with Crippen LogP contribution in [0.4, 0.5) is 0 Å². The number of nitrogens with zero attached hydrogens (tertiary/aromatic N) is 1. The van der Waals surface area contributed by atoms with E-state index in [0.29, 0.717) is 5.92 Å². The summed E-state index contributed by atoms with van der Waals surface area (Å²) in [5.41, 5.74) is 6.05. The van der Waals surface area contributed by atoms with Crippen molar-refractivity contribution in [2.45, 2.75) is 32.2 Å². The molecule has 0 saturated carbocycles. The van der Waals surface area contributed by atoms with Gasteiger partial charge in [0.2, 0.25) is 0 Å². The first-order chi connectivity index (χ1) is 6.62. The van der Waals surface area contributed by atoms with Gasteiger partial charge < -0.3 is 10.5 Å². The van der Waals surface area contributed by atoms with Gasteiger partial charge in [0.25, 0.3) is 0 Å². The molecule has 0 radical (unpaired) electrons. The average molecular weight is 200 g/mol. The molecule has 2 N–H and O–H groups in total. The molecule has 1 fully saturated rings. The fourth-order valence-electron chi connectivity index (χ4n) is 2.44. The van der Waals surface area contributed by atoms with Gasteiger partial charge in [0.1, 0.15) is 0 Å². The lowest BCUT2D eigenvalue weighted by molar-refractivity contribution is 0.00787. The van der Waals surface area contributed by atoms with Crippen molar-refractivity contribution in [3.63, 3.8) is 0 Å². The van der Waals surface area contributed by atoms with Crippen molar-refractivity contribution in [1.29, 1.82) is 0 Å². The summed E-state index contributed by atoms with van der Waals surface area (Å²) >= 11 is 0. The third-order valence-electron chi connectivity index (χ3n) is 3.64. The van der Waals surface area contributed by atoms with Gasteiger partial charge in [-0.2, -0.15) is 0 Å². The van der Waals surface area contributed by atoms with E-state index < -0.39 is 0 Å². The number of likely N-dealkylation sites (tertiary alicyclic amines) is 1. The Morgan fingerprint density at radius 1 is 1.50 bits per heavy atom. The number of piperidine rings is 1. The molecular formula is C11H24N2O. The van der Waals surface area contributed by atoms with E-state index in [1.165, 1.54) is 19.4 Å². The van der Waals surface area contributed by atoms with Crippen LogP contribution in [0.2, 0.25) is 0 Å². The fourth-order valence-corrected chi connectivity index (χ4v) is 2.44. The van der Waals surface area contributed by atoms with Crippen molar-refractivity contribution in [3.8, 4) is 0 Å². The third kappa shape index (κ3) is 2.47. The summed E-state index contributed by atoms with van der Waals surface area (Å²) in [4.78, 5) is 2.51. The van der Waals surface area contributed by atoms with E-state index in [1.54, 1.807) is 7.11 Å². The first-order valence-corrected chi connectivity index (χ1v) is 5.57. The molecule has 0 aliphatic carbocycles. The summed E-state index contributed by atoms with van der Waals surface area (Å²) < 4.78 is 5.13. The first kappa shape index (κ1) is 12.0. The molecule has 1 rings (SSSR count). The second-order valence-corrected chi connectivity index (χ2v) is 4.71. The molecule has 1 atom stereocenters. The molecule has 0 aromatic heterocycles. The lowest BCUT2D eigenvalue weighted by Crippen LogP contribution is -2.55. The Kier molecular flexibility index (Phi) is 4.35. The number of hydrogen-bond donors (Lipinski definition) is 1. The maximum Gasteiger partial charge on any atom is 0.0589 e. The summed E-state index contributed by atoms with van der Waals surface area (Å²) in [7, 11) is 1.76. The highest BCUT2D eigenvalue weighted by atomic mass is 16.5. The Labute approximate surface area is 87.6 Å².